The molecule has 0 bridgehead atoms. The summed E-state index contributed by atoms with van der Waals surface area (Å²) >= 11 is 0. The molecule has 0 amide bonds. The number of carboxylic acids is 1. The summed E-state index contributed by atoms with van der Waals surface area (Å²) in [6, 6.07) is 7.86. The first kappa shape index (κ1) is 11.7. The number of benzene rings is 1. The fourth-order valence-electron chi connectivity index (χ4n) is 3.82. The molecule has 2 aliphatic rings. The highest BCUT2D eigenvalue weighted by molar-refractivity contribution is 5.77. The molecule has 3 atom stereocenters. The molecule has 0 heterocycles. The summed E-state index contributed by atoms with van der Waals surface area (Å²) in [5.41, 5.74) is 8.37. The van der Waals surface area contributed by atoms with Crippen molar-refractivity contribution < 1.29 is 9.90 Å². The number of nitrogens with two attached hydrogens (primary N) is 1. The molecule has 3 N–H and O–H groups in total. The first-order valence-electron chi connectivity index (χ1n) is 6.74. The minimum atomic E-state index is -0.713. The van der Waals surface area contributed by atoms with E-state index in [1.54, 1.807) is 0 Å². The van der Waals surface area contributed by atoms with Crippen LogP contribution < -0.4 is 5.73 Å². The van der Waals surface area contributed by atoms with Crippen LogP contribution in [0.2, 0.25) is 0 Å². The maximum Gasteiger partial charge on any atom is 0.310 e. The van der Waals surface area contributed by atoms with Crippen molar-refractivity contribution in [2.75, 3.05) is 0 Å². The largest absolute Gasteiger partial charge is 0.481 e. The molecule has 1 saturated carbocycles. The number of rotatable bonds is 1. The van der Waals surface area contributed by atoms with E-state index in [1.807, 2.05) is 24.3 Å². The maximum atomic E-state index is 11.5. The maximum absolute atomic E-state index is 11.5. The molecular formula is C15H19NO2. The zero-order valence-corrected chi connectivity index (χ0v) is 10.4. The summed E-state index contributed by atoms with van der Waals surface area (Å²) in [4.78, 5) is 11.5. The fourth-order valence-corrected chi connectivity index (χ4v) is 3.82. The second-order valence-electron chi connectivity index (χ2n) is 5.70. The lowest BCUT2D eigenvalue weighted by Crippen LogP contribution is -2.50. The van der Waals surface area contributed by atoms with Crippen LogP contribution in [0.25, 0.3) is 0 Å². The average molecular weight is 245 g/mol. The Labute approximate surface area is 107 Å². The molecule has 3 rings (SSSR count). The van der Waals surface area contributed by atoms with E-state index in [2.05, 4.69) is 0 Å². The molecule has 0 radical (unpaired) electrons. The Morgan fingerprint density at radius 1 is 1.33 bits per heavy atom. The highest BCUT2D eigenvalue weighted by atomic mass is 16.4. The summed E-state index contributed by atoms with van der Waals surface area (Å²) in [6.07, 6.45) is 5.08. The van der Waals surface area contributed by atoms with E-state index in [4.69, 9.17) is 5.73 Å². The van der Waals surface area contributed by atoms with Gasteiger partial charge in [0.05, 0.1) is 5.92 Å². The summed E-state index contributed by atoms with van der Waals surface area (Å²) < 4.78 is 0. The van der Waals surface area contributed by atoms with Crippen molar-refractivity contribution in [3.8, 4) is 0 Å². The van der Waals surface area contributed by atoms with Gasteiger partial charge in [0.15, 0.2) is 0 Å². The lowest BCUT2D eigenvalue weighted by atomic mass is 9.60. The lowest BCUT2D eigenvalue weighted by Gasteiger charge is -2.47. The van der Waals surface area contributed by atoms with Crippen LogP contribution in [0.15, 0.2) is 24.3 Å². The van der Waals surface area contributed by atoms with E-state index in [0.29, 0.717) is 12.3 Å². The molecule has 1 aromatic rings. The molecular weight excluding hydrogens is 226 g/mol. The lowest BCUT2D eigenvalue weighted by molar-refractivity contribution is -0.139. The Balaban J connectivity index is 2.13. The van der Waals surface area contributed by atoms with Gasteiger partial charge < -0.3 is 10.8 Å². The Morgan fingerprint density at radius 2 is 2.11 bits per heavy atom. The topological polar surface area (TPSA) is 63.3 Å². The first-order chi connectivity index (χ1) is 8.63. The van der Waals surface area contributed by atoms with E-state index < -0.39 is 5.97 Å². The number of hydrogen-bond donors (Lipinski definition) is 2. The van der Waals surface area contributed by atoms with Crippen LogP contribution in [0, 0.1) is 5.92 Å². The molecule has 0 aromatic heterocycles. The van der Waals surface area contributed by atoms with E-state index in [-0.39, 0.29) is 11.5 Å². The van der Waals surface area contributed by atoms with E-state index in [9.17, 15) is 9.90 Å². The summed E-state index contributed by atoms with van der Waals surface area (Å²) in [5, 5.41) is 9.42. The smallest absolute Gasteiger partial charge is 0.310 e. The SMILES string of the molecule is N[C@]12CCCC[C@H]1C[C@H](C(=O)O)c1ccccc12. The van der Waals surface area contributed by atoms with Crippen molar-refractivity contribution in [2.24, 2.45) is 11.7 Å². The number of hydrogen-bond acceptors (Lipinski definition) is 2. The zero-order chi connectivity index (χ0) is 12.8. The van der Waals surface area contributed by atoms with Gasteiger partial charge in [-0.3, -0.25) is 4.79 Å². The van der Waals surface area contributed by atoms with E-state index >= 15 is 0 Å². The molecule has 96 valence electrons. The van der Waals surface area contributed by atoms with Crippen molar-refractivity contribution in [3.05, 3.63) is 35.4 Å². The van der Waals surface area contributed by atoms with E-state index in [1.165, 1.54) is 6.42 Å². The average Bonchev–Trinajstić information content (AvgIpc) is 2.37. The number of carboxylic acid groups (broad SMARTS) is 1. The van der Waals surface area contributed by atoms with Gasteiger partial charge in [0.1, 0.15) is 0 Å². The van der Waals surface area contributed by atoms with Crippen LogP contribution in [0.3, 0.4) is 0 Å². The van der Waals surface area contributed by atoms with Gasteiger partial charge in [-0.25, -0.2) is 0 Å². The monoisotopic (exact) mass is 245 g/mol. The summed E-state index contributed by atoms with van der Waals surface area (Å²) in [7, 11) is 0. The number of aliphatic carboxylic acids is 1. The molecule has 1 aromatic carbocycles. The zero-order valence-electron chi connectivity index (χ0n) is 10.4. The van der Waals surface area contributed by atoms with Gasteiger partial charge >= 0.3 is 5.97 Å². The Hall–Kier alpha value is -1.35. The van der Waals surface area contributed by atoms with Gasteiger partial charge in [0.25, 0.3) is 0 Å². The van der Waals surface area contributed by atoms with Crippen LogP contribution in [0.1, 0.15) is 49.1 Å². The van der Waals surface area contributed by atoms with Crippen LogP contribution in [0.4, 0.5) is 0 Å². The van der Waals surface area contributed by atoms with Crippen LogP contribution >= 0.6 is 0 Å². The van der Waals surface area contributed by atoms with Gasteiger partial charge in [-0.05, 0) is 36.3 Å². The molecule has 0 saturated heterocycles. The first-order valence-corrected chi connectivity index (χ1v) is 6.74. The minimum Gasteiger partial charge on any atom is -0.481 e. The Morgan fingerprint density at radius 3 is 2.89 bits per heavy atom. The minimum absolute atomic E-state index is 0.291. The van der Waals surface area contributed by atoms with Gasteiger partial charge in [-0.2, -0.15) is 0 Å². The molecule has 0 unspecified atom stereocenters. The molecule has 0 spiro atoms. The van der Waals surface area contributed by atoms with Crippen molar-refractivity contribution in [1.29, 1.82) is 0 Å². The molecule has 18 heavy (non-hydrogen) atoms. The molecule has 1 fully saturated rings. The molecule has 3 nitrogen and oxygen atoms in total. The normalized spacial score (nSPS) is 34.5. The molecule has 0 aliphatic heterocycles. The van der Waals surface area contributed by atoms with Crippen molar-refractivity contribution in [2.45, 2.75) is 43.6 Å². The van der Waals surface area contributed by atoms with Gasteiger partial charge in [-0.1, -0.05) is 37.1 Å². The third-order valence-electron chi connectivity index (χ3n) is 4.78. The van der Waals surface area contributed by atoms with Crippen LogP contribution in [0.5, 0.6) is 0 Å². The van der Waals surface area contributed by atoms with Crippen LogP contribution in [-0.2, 0) is 10.3 Å². The second-order valence-corrected chi connectivity index (χ2v) is 5.70. The quantitative estimate of drug-likeness (QED) is 0.799. The highest BCUT2D eigenvalue weighted by Gasteiger charge is 2.46. The van der Waals surface area contributed by atoms with Gasteiger partial charge in [0.2, 0.25) is 0 Å². The predicted octanol–water partition coefficient (Wildman–Crippen LogP) is 2.60. The summed E-state index contributed by atoms with van der Waals surface area (Å²) in [6.45, 7) is 0. The standard InChI is InChI=1S/C15H19NO2/c16-15-8-4-3-5-10(15)9-12(14(17)18)11-6-1-2-7-13(11)15/h1-2,6-7,10,12H,3-5,8-9,16H2,(H,17,18)/t10-,12-,15+/m0/s1. The van der Waals surface area contributed by atoms with Gasteiger partial charge in [0, 0.05) is 5.54 Å². The third-order valence-corrected chi connectivity index (χ3v) is 4.78. The second kappa shape index (κ2) is 4.09. The van der Waals surface area contributed by atoms with Crippen molar-refractivity contribution in [1.82, 2.24) is 0 Å². The highest BCUT2D eigenvalue weighted by Crippen LogP contribution is 2.50. The number of fused-ring (bicyclic) bond motifs is 3. The third kappa shape index (κ3) is 1.57. The Bertz CT molecular complexity index is 485. The predicted molar refractivity (Wildman–Crippen MR) is 69.3 cm³/mol. The van der Waals surface area contributed by atoms with Crippen molar-refractivity contribution >= 4 is 5.97 Å². The Kier molecular flexibility index (Phi) is 2.67. The van der Waals surface area contributed by atoms with Gasteiger partial charge in [-0.15, -0.1) is 0 Å². The van der Waals surface area contributed by atoms with E-state index in [0.717, 1.165) is 30.4 Å². The van der Waals surface area contributed by atoms with Crippen molar-refractivity contribution in [3.63, 3.8) is 0 Å². The molecule has 3 heteroatoms. The van der Waals surface area contributed by atoms with Crippen LogP contribution in [-0.4, -0.2) is 11.1 Å². The number of carbonyl (C=O) groups is 1. The molecule has 2 aliphatic carbocycles. The fraction of sp³-hybridized carbons (Fsp3) is 0.533. The summed E-state index contributed by atoms with van der Waals surface area (Å²) in [5.74, 6) is -0.765.